The summed E-state index contributed by atoms with van der Waals surface area (Å²) in [5, 5.41) is 9.42. The second-order valence-corrected chi connectivity index (χ2v) is 6.80. The van der Waals surface area contributed by atoms with Crippen molar-refractivity contribution in [2.45, 2.75) is 32.1 Å². The lowest BCUT2D eigenvalue weighted by Crippen LogP contribution is -2.25. The quantitative estimate of drug-likeness (QED) is 0.717. The Bertz CT molecular complexity index is 457. The van der Waals surface area contributed by atoms with E-state index in [1.807, 2.05) is 13.8 Å². The van der Waals surface area contributed by atoms with Crippen LogP contribution in [0.25, 0.3) is 0 Å². The largest absolute Gasteiger partial charge is 0.392 e. The monoisotopic (exact) mass is 256 g/mol. The van der Waals surface area contributed by atoms with Gasteiger partial charge in [-0.1, -0.05) is 32.1 Å². The van der Waals surface area contributed by atoms with E-state index in [0.717, 1.165) is 0 Å². The molecular formula is C13H20O3S. The summed E-state index contributed by atoms with van der Waals surface area (Å²) in [6, 6.07) is 0. The van der Waals surface area contributed by atoms with Crippen molar-refractivity contribution in [3.8, 4) is 0 Å². The number of aliphatic hydroxyl groups excluding tert-OH is 1. The molecule has 0 radical (unpaired) electrons. The molecule has 0 saturated carbocycles. The number of aliphatic hydroxyl groups is 1. The van der Waals surface area contributed by atoms with E-state index in [2.05, 4.69) is 5.87 Å². The number of allylic oxidation sites excluding steroid dienone is 2. The van der Waals surface area contributed by atoms with Gasteiger partial charge in [0.25, 0.3) is 0 Å². The summed E-state index contributed by atoms with van der Waals surface area (Å²) in [7, 11) is -2.29. The summed E-state index contributed by atoms with van der Waals surface area (Å²) in [6.45, 7) is 5.48. The Hall–Kier alpha value is -0.870. The number of carbonyl (C=O) groups is 1. The van der Waals surface area contributed by atoms with E-state index in [1.54, 1.807) is 18.2 Å². The van der Waals surface area contributed by atoms with Crippen molar-refractivity contribution >= 4 is 21.2 Å². The summed E-state index contributed by atoms with van der Waals surface area (Å²) >= 11 is 0. The third kappa shape index (κ3) is 2.69. The van der Waals surface area contributed by atoms with E-state index in [4.69, 9.17) is 0 Å². The maximum Gasteiger partial charge on any atom is 0.159 e. The summed E-state index contributed by atoms with van der Waals surface area (Å²) in [4.78, 5) is 11.2. The highest BCUT2D eigenvalue weighted by Crippen LogP contribution is 2.33. The molecule has 1 fully saturated rings. The van der Waals surface area contributed by atoms with Crippen LogP contribution in [0.4, 0.5) is 0 Å². The molecular weight excluding hydrogens is 236 g/mol. The molecule has 1 N–H and O–H groups in total. The fourth-order valence-electron chi connectivity index (χ4n) is 2.17. The number of Topliss-reactive ketones (excluding diaryl/α,β-unsaturated/α-hetero) is 1. The zero-order valence-electron chi connectivity index (χ0n) is 10.6. The Labute approximate surface area is 103 Å². The summed E-state index contributed by atoms with van der Waals surface area (Å²) in [5.41, 5.74) is 0.571. The second kappa shape index (κ2) is 5.19. The Morgan fingerprint density at radius 2 is 2.12 bits per heavy atom. The van der Waals surface area contributed by atoms with E-state index in [1.165, 1.54) is 6.92 Å². The van der Waals surface area contributed by atoms with Crippen LogP contribution in [0.2, 0.25) is 0 Å². The third-order valence-corrected chi connectivity index (χ3v) is 5.37. The van der Waals surface area contributed by atoms with E-state index in [0.29, 0.717) is 5.57 Å². The highest BCUT2D eigenvalue weighted by atomic mass is 32.2. The number of hydrogen-bond donors (Lipinski definition) is 1. The molecule has 1 aliphatic carbocycles. The van der Waals surface area contributed by atoms with Gasteiger partial charge in [-0.05, 0) is 22.3 Å². The molecule has 3 nitrogen and oxygen atoms in total. The number of rotatable bonds is 1. The first-order valence-electron chi connectivity index (χ1n) is 5.84. The van der Waals surface area contributed by atoms with E-state index in [-0.39, 0.29) is 22.7 Å². The van der Waals surface area contributed by atoms with Gasteiger partial charge in [-0.25, -0.2) is 0 Å². The van der Waals surface area contributed by atoms with Crippen molar-refractivity contribution in [2.75, 3.05) is 5.75 Å². The number of hydrogen-bond acceptors (Lipinski definition) is 3. The van der Waals surface area contributed by atoms with Crippen molar-refractivity contribution in [1.29, 1.82) is 0 Å². The van der Waals surface area contributed by atoms with Crippen molar-refractivity contribution in [3.63, 3.8) is 0 Å². The smallest absolute Gasteiger partial charge is 0.159 e. The molecule has 1 heterocycles. The normalized spacial score (nSPS) is 38.8. The zero-order valence-corrected chi connectivity index (χ0v) is 11.4. The van der Waals surface area contributed by atoms with Crippen LogP contribution < -0.4 is 0 Å². The summed E-state index contributed by atoms with van der Waals surface area (Å²) in [6.07, 6.45) is 4.59. The average molecular weight is 256 g/mol. The van der Waals surface area contributed by atoms with Crippen LogP contribution in [0.5, 0.6) is 0 Å². The Morgan fingerprint density at radius 1 is 1.53 bits per heavy atom. The predicted molar refractivity (Wildman–Crippen MR) is 72.7 cm³/mol. The van der Waals surface area contributed by atoms with E-state index in [9.17, 15) is 14.1 Å². The molecule has 1 saturated heterocycles. The Morgan fingerprint density at radius 3 is 2.65 bits per heavy atom. The van der Waals surface area contributed by atoms with E-state index >= 15 is 0 Å². The first-order chi connectivity index (χ1) is 7.92. The van der Waals surface area contributed by atoms with E-state index < -0.39 is 15.6 Å². The summed E-state index contributed by atoms with van der Waals surface area (Å²) < 4.78 is 12.1. The minimum absolute atomic E-state index is 0.0405. The highest BCUT2D eigenvalue weighted by Gasteiger charge is 2.41. The molecule has 4 atom stereocenters. The van der Waals surface area contributed by atoms with Gasteiger partial charge in [0.2, 0.25) is 0 Å². The number of ketones is 1. The van der Waals surface area contributed by atoms with Gasteiger partial charge in [-0.3, -0.25) is 9.00 Å². The second-order valence-electron chi connectivity index (χ2n) is 4.18. The van der Waals surface area contributed by atoms with Gasteiger partial charge >= 0.3 is 0 Å². The van der Waals surface area contributed by atoms with Crippen LogP contribution in [0, 0.1) is 5.92 Å². The first kappa shape index (κ1) is 14.2. The molecule has 17 heavy (non-hydrogen) atoms. The van der Waals surface area contributed by atoms with Crippen LogP contribution >= 0.6 is 0 Å². The fourth-order valence-corrected chi connectivity index (χ4v) is 4.43. The number of carbonyl (C=O) groups excluding carboxylic acids is 1. The minimum Gasteiger partial charge on any atom is -0.392 e. The molecule has 0 aromatic heterocycles. The van der Waals surface area contributed by atoms with Crippen LogP contribution in [0.1, 0.15) is 20.8 Å². The molecule has 4 unspecified atom stereocenters. The Kier molecular flexibility index (Phi) is 4.33. The van der Waals surface area contributed by atoms with Gasteiger partial charge < -0.3 is 5.11 Å². The van der Waals surface area contributed by atoms with Gasteiger partial charge in [-0.2, -0.15) is 0 Å². The van der Waals surface area contributed by atoms with Gasteiger partial charge in [-0.15, -0.1) is 0 Å². The molecule has 1 aliphatic heterocycles. The predicted octanol–water partition coefficient (Wildman–Crippen LogP) is 1.17. The van der Waals surface area contributed by atoms with Gasteiger partial charge in [0, 0.05) is 17.2 Å². The van der Waals surface area contributed by atoms with Crippen LogP contribution in [-0.4, -0.2) is 38.1 Å². The fraction of sp³-hybridized carbons (Fsp3) is 0.538. The third-order valence-electron chi connectivity index (χ3n) is 3.02. The first-order valence-corrected chi connectivity index (χ1v) is 7.80. The van der Waals surface area contributed by atoms with Crippen LogP contribution in [0.3, 0.4) is 0 Å². The molecule has 0 bridgehead atoms. The standard InChI is InChI=1S/C11H14O3S.C2H6/c1-7(12)8-3-4-9-10(13)6-15(2,14)11(9)5-8;1-2/h3-5,9-11,13H,2,6H2,1H3;1-2H3. The van der Waals surface area contributed by atoms with Crippen molar-refractivity contribution in [2.24, 2.45) is 5.92 Å². The molecule has 2 aliphatic rings. The number of fused-ring (bicyclic) bond motifs is 1. The van der Waals surface area contributed by atoms with Gasteiger partial charge in [0.15, 0.2) is 5.78 Å². The van der Waals surface area contributed by atoms with Gasteiger partial charge in [0.05, 0.1) is 11.4 Å². The van der Waals surface area contributed by atoms with Crippen molar-refractivity contribution in [1.82, 2.24) is 0 Å². The molecule has 0 aromatic carbocycles. The van der Waals surface area contributed by atoms with Gasteiger partial charge in [0.1, 0.15) is 0 Å². The van der Waals surface area contributed by atoms with Crippen LogP contribution in [-0.2, 0) is 14.3 Å². The molecule has 2 rings (SSSR count). The lowest BCUT2D eigenvalue weighted by atomic mass is 9.91. The molecule has 0 spiro atoms. The Balaban J connectivity index is 0.000000686. The summed E-state index contributed by atoms with van der Waals surface area (Å²) in [5.74, 6) is 3.73. The lowest BCUT2D eigenvalue weighted by molar-refractivity contribution is -0.113. The maximum absolute atomic E-state index is 12.1. The topological polar surface area (TPSA) is 54.4 Å². The zero-order chi connectivity index (χ0) is 13.2. The SMILES string of the molecule is C=S1(=O)CC(O)C2C=CC(C(C)=O)=CC21.CC. The van der Waals surface area contributed by atoms with Crippen molar-refractivity contribution in [3.05, 3.63) is 23.8 Å². The van der Waals surface area contributed by atoms with Crippen LogP contribution in [0.15, 0.2) is 23.8 Å². The molecule has 4 heteroatoms. The highest BCUT2D eigenvalue weighted by molar-refractivity contribution is 8.01. The maximum atomic E-state index is 12.1. The average Bonchev–Trinajstić information content (AvgIpc) is 2.52. The molecule has 0 amide bonds. The minimum atomic E-state index is -2.29. The molecule has 96 valence electrons. The lowest BCUT2D eigenvalue weighted by Gasteiger charge is -2.20. The van der Waals surface area contributed by atoms with Crippen molar-refractivity contribution < 1.29 is 14.1 Å². The molecule has 0 aromatic rings.